The molecular weight excluding hydrogens is 238 g/mol. The Labute approximate surface area is 106 Å². The summed E-state index contributed by atoms with van der Waals surface area (Å²) in [7, 11) is 1.83. The van der Waals surface area contributed by atoms with Gasteiger partial charge in [-0.15, -0.1) is 0 Å². The second kappa shape index (κ2) is 3.89. The van der Waals surface area contributed by atoms with Crippen LogP contribution in [0.2, 0.25) is 0 Å². The molecule has 2 aliphatic heterocycles. The van der Waals surface area contributed by atoms with Crippen molar-refractivity contribution in [3.05, 3.63) is 0 Å². The highest BCUT2D eigenvalue weighted by molar-refractivity contribution is 5.88. The third-order valence-corrected chi connectivity index (χ3v) is 4.69. The van der Waals surface area contributed by atoms with Gasteiger partial charge in [-0.1, -0.05) is 0 Å². The van der Waals surface area contributed by atoms with E-state index in [0.717, 1.165) is 39.0 Å². The zero-order chi connectivity index (χ0) is 13.0. The number of hydrogen-bond acceptors (Lipinski definition) is 2. The first kappa shape index (κ1) is 12.3. The third-order valence-electron chi connectivity index (χ3n) is 4.69. The van der Waals surface area contributed by atoms with E-state index in [1.807, 2.05) is 7.05 Å². The van der Waals surface area contributed by atoms with Crippen LogP contribution in [0.15, 0.2) is 0 Å². The molecule has 0 aromatic carbocycles. The molecule has 0 bridgehead atoms. The number of hydrogen-bond donors (Lipinski definition) is 0. The van der Waals surface area contributed by atoms with Crippen LogP contribution in [0.25, 0.3) is 0 Å². The number of amides is 1. The molecule has 1 atom stereocenters. The number of alkyl halides is 2. The minimum atomic E-state index is -2.43. The quantitative estimate of drug-likeness (QED) is 0.702. The molecule has 0 aromatic rings. The van der Waals surface area contributed by atoms with Gasteiger partial charge in [-0.3, -0.25) is 4.79 Å². The maximum Gasteiger partial charge on any atom is 0.248 e. The van der Waals surface area contributed by atoms with Crippen LogP contribution in [0.4, 0.5) is 8.78 Å². The van der Waals surface area contributed by atoms with Gasteiger partial charge in [0.25, 0.3) is 0 Å². The summed E-state index contributed by atoms with van der Waals surface area (Å²) in [6.07, 6.45) is 2.05. The molecule has 3 nitrogen and oxygen atoms in total. The van der Waals surface area contributed by atoms with Crippen LogP contribution in [0.3, 0.4) is 0 Å². The summed E-state index contributed by atoms with van der Waals surface area (Å²) in [5.41, 5.74) is -0.181. The van der Waals surface area contributed by atoms with Crippen molar-refractivity contribution in [1.82, 2.24) is 9.80 Å². The lowest BCUT2D eigenvalue weighted by molar-refractivity contribution is -0.165. The van der Waals surface area contributed by atoms with Gasteiger partial charge in [0.2, 0.25) is 11.8 Å². The van der Waals surface area contributed by atoms with Crippen molar-refractivity contribution in [2.75, 3.05) is 33.2 Å². The molecule has 3 rings (SSSR count). The molecule has 1 aliphatic carbocycles. The fourth-order valence-electron chi connectivity index (χ4n) is 3.87. The number of carbonyl (C=O) groups is 1. The second-order valence-corrected chi connectivity index (χ2v) is 6.41. The molecule has 102 valence electrons. The van der Waals surface area contributed by atoms with Crippen molar-refractivity contribution < 1.29 is 13.6 Å². The van der Waals surface area contributed by atoms with E-state index < -0.39 is 5.92 Å². The van der Waals surface area contributed by atoms with Gasteiger partial charge in [0.15, 0.2) is 0 Å². The Kier molecular flexibility index (Phi) is 2.66. The Balaban J connectivity index is 1.54. The number of β-lactam (4-membered cyclic amide) rings is 1. The number of nitrogens with zero attached hydrogens (tertiary/aromatic N) is 2. The van der Waals surface area contributed by atoms with Gasteiger partial charge >= 0.3 is 0 Å². The summed E-state index contributed by atoms with van der Waals surface area (Å²) >= 11 is 0. The van der Waals surface area contributed by atoms with Crippen LogP contribution in [-0.2, 0) is 4.79 Å². The molecule has 0 aromatic heterocycles. The zero-order valence-electron chi connectivity index (χ0n) is 10.8. The Bertz CT molecular complexity index is 362. The number of halogens is 2. The lowest BCUT2D eigenvalue weighted by Crippen LogP contribution is -2.66. The van der Waals surface area contributed by atoms with Crippen LogP contribution in [0.5, 0.6) is 0 Å². The number of carbonyl (C=O) groups excluding carboxylic acids is 1. The summed E-state index contributed by atoms with van der Waals surface area (Å²) in [4.78, 5) is 15.9. The van der Waals surface area contributed by atoms with E-state index in [2.05, 4.69) is 4.90 Å². The first-order chi connectivity index (χ1) is 8.40. The molecule has 1 saturated carbocycles. The lowest BCUT2D eigenvalue weighted by Gasteiger charge is -2.53. The van der Waals surface area contributed by atoms with Gasteiger partial charge in [0.05, 0.1) is 5.41 Å². The third kappa shape index (κ3) is 1.92. The van der Waals surface area contributed by atoms with Crippen LogP contribution in [-0.4, -0.2) is 54.9 Å². The molecule has 3 aliphatic rings. The molecule has 1 amide bonds. The maximum atomic E-state index is 12.8. The van der Waals surface area contributed by atoms with Crippen molar-refractivity contribution >= 4 is 5.91 Å². The maximum absolute atomic E-state index is 12.8. The highest BCUT2D eigenvalue weighted by Crippen LogP contribution is 2.44. The summed E-state index contributed by atoms with van der Waals surface area (Å²) in [6.45, 7) is 3.32. The SMILES string of the molecule is CN1C[C@]2(CCCN(CC3CC(F)(F)C3)C2)C1=O. The lowest BCUT2D eigenvalue weighted by atomic mass is 9.72. The first-order valence-corrected chi connectivity index (χ1v) is 6.76. The van der Waals surface area contributed by atoms with Crippen molar-refractivity contribution in [3.8, 4) is 0 Å². The first-order valence-electron chi connectivity index (χ1n) is 6.76. The molecule has 2 heterocycles. The Morgan fingerprint density at radius 2 is 2.06 bits per heavy atom. The fourth-order valence-corrected chi connectivity index (χ4v) is 3.87. The van der Waals surface area contributed by atoms with Crippen molar-refractivity contribution in [2.24, 2.45) is 11.3 Å². The highest BCUT2D eigenvalue weighted by atomic mass is 19.3. The topological polar surface area (TPSA) is 23.6 Å². The fraction of sp³-hybridized carbons (Fsp3) is 0.923. The standard InChI is InChI=1S/C13H20F2N2O/c1-16-8-12(11(16)18)3-2-4-17(9-12)7-10-5-13(14,15)6-10/h10H,2-9H2,1H3/t12-/m0/s1. The van der Waals surface area contributed by atoms with E-state index >= 15 is 0 Å². The van der Waals surface area contributed by atoms with Gasteiger partial charge < -0.3 is 9.80 Å². The monoisotopic (exact) mass is 258 g/mol. The molecule has 18 heavy (non-hydrogen) atoms. The summed E-state index contributed by atoms with van der Waals surface area (Å²) in [6, 6.07) is 0. The second-order valence-electron chi connectivity index (χ2n) is 6.41. The van der Waals surface area contributed by atoms with Crippen LogP contribution >= 0.6 is 0 Å². The van der Waals surface area contributed by atoms with E-state index in [-0.39, 0.29) is 30.1 Å². The minimum absolute atomic E-state index is 0.0321. The highest BCUT2D eigenvalue weighted by Gasteiger charge is 2.53. The number of rotatable bonds is 2. The van der Waals surface area contributed by atoms with E-state index in [4.69, 9.17) is 0 Å². The molecule has 0 unspecified atom stereocenters. The van der Waals surface area contributed by atoms with Crippen LogP contribution in [0, 0.1) is 11.3 Å². The van der Waals surface area contributed by atoms with E-state index in [0.29, 0.717) is 0 Å². The smallest absolute Gasteiger partial charge is 0.248 e. The normalized spacial score (nSPS) is 36.6. The molecule has 0 radical (unpaired) electrons. The summed E-state index contributed by atoms with van der Waals surface area (Å²) in [5, 5.41) is 0. The van der Waals surface area contributed by atoms with Crippen LogP contribution < -0.4 is 0 Å². The van der Waals surface area contributed by atoms with Gasteiger partial charge in [0, 0.05) is 39.5 Å². The van der Waals surface area contributed by atoms with E-state index in [9.17, 15) is 13.6 Å². The van der Waals surface area contributed by atoms with E-state index in [1.165, 1.54) is 0 Å². The molecular formula is C13H20F2N2O. The Morgan fingerprint density at radius 1 is 1.33 bits per heavy atom. The molecule has 3 fully saturated rings. The molecule has 0 N–H and O–H groups in total. The zero-order valence-corrected chi connectivity index (χ0v) is 10.8. The molecule has 1 spiro atoms. The number of likely N-dealkylation sites (tertiary alicyclic amines) is 2. The molecule has 5 heteroatoms. The van der Waals surface area contributed by atoms with Gasteiger partial charge in [-0.05, 0) is 25.3 Å². The minimum Gasteiger partial charge on any atom is -0.344 e. The van der Waals surface area contributed by atoms with Crippen molar-refractivity contribution in [1.29, 1.82) is 0 Å². The van der Waals surface area contributed by atoms with Crippen LogP contribution in [0.1, 0.15) is 25.7 Å². The average Bonchev–Trinajstić information content (AvgIpc) is 2.27. The number of piperidine rings is 1. The van der Waals surface area contributed by atoms with E-state index in [1.54, 1.807) is 4.90 Å². The van der Waals surface area contributed by atoms with Crippen molar-refractivity contribution in [3.63, 3.8) is 0 Å². The van der Waals surface area contributed by atoms with Crippen molar-refractivity contribution in [2.45, 2.75) is 31.6 Å². The summed E-state index contributed by atoms with van der Waals surface area (Å²) in [5.74, 6) is -2.06. The van der Waals surface area contributed by atoms with Gasteiger partial charge in [-0.25, -0.2) is 8.78 Å². The molecule has 2 saturated heterocycles. The Hall–Kier alpha value is -0.710. The van der Waals surface area contributed by atoms with Gasteiger partial charge in [-0.2, -0.15) is 0 Å². The largest absolute Gasteiger partial charge is 0.344 e. The summed E-state index contributed by atoms with van der Waals surface area (Å²) < 4.78 is 25.6. The Morgan fingerprint density at radius 3 is 2.61 bits per heavy atom. The predicted molar refractivity (Wildman–Crippen MR) is 63.4 cm³/mol. The predicted octanol–water partition coefficient (Wildman–Crippen LogP) is 1.59. The van der Waals surface area contributed by atoms with Gasteiger partial charge in [0.1, 0.15) is 0 Å². The average molecular weight is 258 g/mol.